The molecule has 20 heavy (non-hydrogen) atoms. The molecule has 2 fully saturated rings. The molecule has 0 atom stereocenters. The molecule has 3 rings (SSSR count). The Labute approximate surface area is 126 Å². The van der Waals surface area contributed by atoms with Crippen molar-refractivity contribution in [2.75, 3.05) is 18.5 Å². The second kappa shape index (κ2) is 6.44. The smallest absolute Gasteiger partial charge is 0.185 e. The molecule has 1 heterocycles. The lowest BCUT2D eigenvalue weighted by Crippen LogP contribution is -2.29. The summed E-state index contributed by atoms with van der Waals surface area (Å²) < 4.78 is 0. The molecule has 112 valence electrons. The van der Waals surface area contributed by atoms with Crippen molar-refractivity contribution in [1.82, 2.24) is 10.3 Å². The van der Waals surface area contributed by atoms with Gasteiger partial charge in [0.05, 0.1) is 5.69 Å². The van der Waals surface area contributed by atoms with Gasteiger partial charge in [-0.2, -0.15) is 0 Å². The molecule has 1 N–H and O–H groups in total. The van der Waals surface area contributed by atoms with Crippen molar-refractivity contribution in [3.05, 3.63) is 10.6 Å². The zero-order chi connectivity index (χ0) is 13.9. The van der Waals surface area contributed by atoms with Crippen LogP contribution in [0.25, 0.3) is 0 Å². The number of thiazole rings is 1. The topological polar surface area (TPSA) is 28.2 Å². The van der Waals surface area contributed by atoms with E-state index in [2.05, 4.69) is 24.2 Å². The van der Waals surface area contributed by atoms with Crippen LogP contribution in [0.4, 0.5) is 5.13 Å². The minimum absolute atomic E-state index is 0.780. The van der Waals surface area contributed by atoms with Gasteiger partial charge < -0.3 is 10.2 Å². The van der Waals surface area contributed by atoms with Gasteiger partial charge in [0, 0.05) is 31.1 Å². The summed E-state index contributed by atoms with van der Waals surface area (Å²) in [7, 11) is 2.21. The lowest BCUT2D eigenvalue weighted by Gasteiger charge is -2.29. The maximum absolute atomic E-state index is 4.91. The van der Waals surface area contributed by atoms with Gasteiger partial charge in [0.2, 0.25) is 0 Å². The van der Waals surface area contributed by atoms with E-state index in [4.69, 9.17) is 4.98 Å². The second-order valence-electron chi connectivity index (χ2n) is 6.45. The van der Waals surface area contributed by atoms with Crippen LogP contribution in [0.15, 0.2) is 0 Å². The molecule has 0 aromatic carbocycles. The van der Waals surface area contributed by atoms with Gasteiger partial charge in [0.25, 0.3) is 0 Å². The third-order valence-corrected chi connectivity index (χ3v) is 5.68. The molecule has 0 radical (unpaired) electrons. The molecule has 0 saturated heterocycles. The van der Waals surface area contributed by atoms with Crippen LogP contribution in [0.1, 0.15) is 56.0 Å². The number of hydrogen-bond acceptors (Lipinski definition) is 4. The maximum Gasteiger partial charge on any atom is 0.185 e. The van der Waals surface area contributed by atoms with Gasteiger partial charge in [0.1, 0.15) is 0 Å². The zero-order valence-electron chi connectivity index (χ0n) is 12.8. The van der Waals surface area contributed by atoms with E-state index >= 15 is 0 Å². The van der Waals surface area contributed by atoms with E-state index < -0.39 is 0 Å². The number of aromatic nitrogens is 1. The Balaban J connectivity index is 1.63. The molecular weight excluding hydrogens is 266 g/mol. The molecule has 0 bridgehead atoms. The molecule has 4 heteroatoms. The number of anilines is 1. The first-order chi connectivity index (χ1) is 9.76. The highest BCUT2D eigenvalue weighted by Gasteiger charge is 2.23. The van der Waals surface area contributed by atoms with Crippen LogP contribution in [-0.2, 0) is 13.0 Å². The number of rotatable bonds is 8. The SMILES string of the molecule is CCCc1nc(N(C)CC2CCC2)sc1CNC1CC1. The molecule has 0 amide bonds. The van der Waals surface area contributed by atoms with Crippen LogP contribution < -0.4 is 10.2 Å². The first-order valence-electron chi connectivity index (χ1n) is 8.19. The Morgan fingerprint density at radius 1 is 1.30 bits per heavy atom. The van der Waals surface area contributed by atoms with Crippen molar-refractivity contribution in [2.24, 2.45) is 5.92 Å². The van der Waals surface area contributed by atoms with Gasteiger partial charge >= 0.3 is 0 Å². The summed E-state index contributed by atoms with van der Waals surface area (Å²) in [6.45, 7) is 4.46. The largest absolute Gasteiger partial charge is 0.351 e. The lowest BCUT2D eigenvalue weighted by molar-refractivity contribution is 0.321. The highest BCUT2D eigenvalue weighted by Crippen LogP contribution is 2.32. The average molecular weight is 293 g/mol. The molecule has 2 aliphatic rings. The fourth-order valence-electron chi connectivity index (χ4n) is 2.77. The summed E-state index contributed by atoms with van der Waals surface area (Å²) in [6, 6.07) is 0.780. The lowest BCUT2D eigenvalue weighted by atomic mass is 9.85. The molecule has 1 aromatic rings. The van der Waals surface area contributed by atoms with Crippen molar-refractivity contribution in [3.8, 4) is 0 Å². The van der Waals surface area contributed by atoms with Crippen LogP contribution in [0.2, 0.25) is 0 Å². The normalized spacial score (nSPS) is 19.1. The van der Waals surface area contributed by atoms with Crippen molar-refractivity contribution in [1.29, 1.82) is 0 Å². The number of hydrogen-bond donors (Lipinski definition) is 1. The molecule has 0 aliphatic heterocycles. The van der Waals surface area contributed by atoms with Gasteiger partial charge in [-0.25, -0.2) is 4.98 Å². The first-order valence-corrected chi connectivity index (χ1v) is 9.01. The van der Waals surface area contributed by atoms with Gasteiger partial charge in [-0.05, 0) is 38.0 Å². The van der Waals surface area contributed by atoms with E-state index in [9.17, 15) is 0 Å². The Hall–Kier alpha value is -0.610. The summed E-state index contributed by atoms with van der Waals surface area (Å²) in [4.78, 5) is 8.76. The van der Waals surface area contributed by atoms with Crippen molar-refractivity contribution in [2.45, 2.75) is 64.5 Å². The summed E-state index contributed by atoms with van der Waals surface area (Å²) in [5.74, 6) is 0.909. The van der Waals surface area contributed by atoms with Crippen molar-refractivity contribution >= 4 is 16.5 Å². The summed E-state index contributed by atoms with van der Waals surface area (Å²) >= 11 is 1.91. The quantitative estimate of drug-likeness (QED) is 0.794. The predicted octanol–water partition coefficient (Wildman–Crippen LogP) is 3.58. The highest BCUT2D eigenvalue weighted by atomic mass is 32.1. The third-order valence-electron chi connectivity index (χ3n) is 4.47. The molecule has 2 aliphatic carbocycles. The van der Waals surface area contributed by atoms with Crippen LogP contribution in [0.5, 0.6) is 0 Å². The van der Waals surface area contributed by atoms with E-state index in [1.165, 1.54) is 60.8 Å². The van der Waals surface area contributed by atoms with Crippen LogP contribution in [0.3, 0.4) is 0 Å². The zero-order valence-corrected chi connectivity index (χ0v) is 13.6. The second-order valence-corrected chi connectivity index (χ2v) is 7.51. The van der Waals surface area contributed by atoms with E-state index in [0.29, 0.717) is 0 Å². The Kier molecular flexibility index (Phi) is 4.61. The summed E-state index contributed by atoms with van der Waals surface area (Å²) in [5.41, 5.74) is 1.33. The fraction of sp³-hybridized carbons (Fsp3) is 0.812. The van der Waals surface area contributed by atoms with Crippen LogP contribution in [-0.4, -0.2) is 24.6 Å². The van der Waals surface area contributed by atoms with Gasteiger partial charge in [-0.3, -0.25) is 0 Å². The molecular formula is C16H27N3S. The van der Waals surface area contributed by atoms with Gasteiger partial charge in [-0.15, -0.1) is 11.3 Å². The summed E-state index contributed by atoms with van der Waals surface area (Å²) in [5, 5.41) is 4.87. The molecule has 0 unspecified atom stereocenters. The van der Waals surface area contributed by atoms with Gasteiger partial charge in [-0.1, -0.05) is 19.8 Å². The minimum Gasteiger partial charge on any atom is -0.351 e. The molecule has 0 spiro atoms. The number of nitrogens with one attached hydrogen (secondary N) is 1. The molecule has 2 saturated carbocycles. The van der Waals surface area contributed by atoms with E-state index in [-0.39, 0.29) is 0 Å². The first kappa shape index (κ1) is 14.3. The van der Waals surface area contributed by atoms with E-state index in [1.807, 2.05) is 11.3 Å². The minimum atomic E-state index is 0.780. The van der Waals surface area contributed by atoms with Gasteiger partial charge in [0.15, 0.2) is 5.13 Å². The number of nitrogens with zero attached hydrogens (tertiary/aromatic N) is 2. The molecule has 3 nitrogen and oxygen atoms in total. The monoisotopic (exact) mass is 293 g/mol. The van der Waals surface area contributed by atoms with E-state index in [1.54, 1.807) is 0 Å². The Morgan fingerprint density at radius 2 is 2.10 bits per heavy atom. The third kappa shape index (κ3) is 3.53. The summed E-state index contributed by atoms with van der Waals surface area (Å²) in [6.07, 6.45) is 9.27. The van der Waals surface area contributed by atoms with Crippen molar-refractivity contribution < 1.29 is 0 Å². The standard InChI is InChI=1S/C16H27N3S/c1-3-5-14-15(10-17-13-8-9-13)20-16(18-14)19(2)11-12-6-4-7-12/h12-13,17H,3-11H2,1-2H3. The Bertz CT molecular complexity index is 435. The molecule has 1 aromatic heterocycles. The number of aryl methyl sites for hydroxylation is 1. The Morgan fingerprint density at radius 3 is 2.70 bits per heavy atom. The highest BCUT2D eigenvalue weighted by molar-refractivity contribution is 7.15. The average Bonchev–Trinajstić information content (AvgIpc) is 3.13. The van der Waals surface area contributed by atoms with Crippen LogP contribution >= 0.6 is 11.3 Å². The van der Waals surface area contributed by atoms with Crippen LogP contribution in [0, 0.1) is 5.92 Å². The predicted molar refractivity (Wildman–Crippen MR) is 86.6 cm³/mol. The van der Waals surface area contributed by atoms with E-state index in [0.717, 1.165) is 24.9 Å². The van der Waals surface area contributed by atoms with Crippen molar-refractivity contribution in [3.63, 3.8) is 0 Å². The maximum atomic E-state index is 4.91. The fourth-order valence-corrected chi connectivity index (χ4v) is 3.80.